The Balaban J connectivity index is 1.33. The Labute approximate surface area is 186 Å². The molecule has 1 unspecified atom stereocenters. The lowest BCUT2D eigenvalue weighted by atomic mass is 9.97. The third-order valence-electron chi connectivity index (χ3n) is 4.15. The summed E-state index contributed by atoms with van der Waals surface area (Å²) < 4.78 is 5.14. The molecule has 1 aliphatic rings. The number of H-pyrrole nitrogens is 1. The highest BCUT2D eigenvalue weighted by Gasteiger charge is 2.25. The van der Waals surface area contributed by atoms with E-state index in [0.29, 0.717) is 0 Å². The van der Waals surface area contributed by atoms with Crippen LogP contribution in [-0.2, 0) is 0 Å². The molecule has 29 heavy (non-hydrogen) atoms. The number of thiazole rings is 1. The molecule has 2 amide bonds. The maximum absolute atomic E-state index is 12.4. The Kier molecular flexibility index (Phi) is 6.76. The summed E-state index contributed by atoms with van der Waals surface area (Å²) >= 11 is 6.31. The van der Waals surface area contributed by atoms with Gasteiger partial charge in [0.15, 0.2) is 5.00 Å². The van der Waals surface area contributed by atoms with E-state index in [1.54, 1.807) is 34.4 Å². The molecule has 3 aromatic rings. The van der Waals surface area contributed by atoms with E-state index < -0.39 is 0 Å². The largest absolute Gasteiger partial charge is 0.330 e. The first kappa shape index (κ1) is 20.3. The summed E-state index contributed by atoms with van der Waals surface area (Å²) in [4.78, 5) is 17.1. The second kappa shape index (κ2) is 9.67. The Morgan fingerprint density at radius 3 is 2.72 bits per heavy atom. The predicted molar refractivity (Wildman–Crippen MR) is 124 cm³/mol. The van der Waals surface area contributed by atoms with Gasteiger partial charge in [-0.25, -0.2) is 9.78 Å². The van der Waals surface area contributed by atoms with Crippen LogP contribution >= 0.6 is 46.4 Å². The van der Waals surface area contributed by atoms with E-state index in [-0.39, 0.29) is 11.9 Å². The average molecular weight is 459 g/mol. The van der Waals surface area contributed by atoms with Gasteiger partial charge in [-0.3, -0.25) is 10.0 Å². The van der Waals surface area contributed by atoms with Crippen molar-refractivity contribution in [3.63, 3.8) is 0 Å². The molecule has 0 aliphatic heterocycles. The summed E-state index contributed by atoms with van der Waals surface area (Å²) in [5.41, 5.74) is 1.06. The summed E-state index contributed by atoms with van der Waals surface area (Å²) in [6.07, 6.45) is 9.35. The van der Waals surface area contributed by atoms with Crippen molar-refractivity contribution in [1.82, 2.24) is 4.72 Å². The monoisotopic (exact) mass is 458 g/mol. The zero-order valence-corrected chi connectivity index (χ0v) is 18.9. The fourth-order valence-corrected chi connectivity index (χ4v) is 6.75. The van der Waals surface area contributed by atoms with Crippen molar-refractivity contribution in [2.45, 2.75) is 32.6 Å². The van der Waals surface area contributed by atoms with E-state index in [1.807, 2.05) is 31.2 Å². The first-order chi connectivity index (χ1) is 14.2. The molecule has 0 bridgehead atoms. The van der Waals surface area contributed by atoms with E-state index in [1.165, 1.54) is 21.1 Å². The minimum Gasteiger partial charge on any atom is -0.293 e. The van der Waals surface area contributed by atoms with E-state index in [9.17, 15) is 4.79 Å². The van der Waals surface area contributed by atoms with E-state index in [4.69, 9.17) is 0 Å². The van der Waals surface area contributed by atoms with Crippen LogP contribution in [0.15, 0.2) is 80.1 Å². The van der Waals surface area contributed by atoms with Gasteiger partial charge in [0, 0.05) is 11.8 Å². The highest BCUT2D eigenvalue weighted by Crippen LogP contribution is 2.36. The number of carbonyl (C=O) groups is 1. The van der Waals surface area contributed by atoms with Gasteiger partial charge in [0.25, 0.3) is 0 Å². The molecule has 148 valence electrons. The number of aryl methyl sites for hydroxylation is 1. The number of amides is 2. The Bertz CT molecular complexity index is 1040. The topological polar surface area (TPSA) is 55.3 Å². The maximum Gasteiger partial charge on any atom is 0.330 e. The first-order valence-corrected chi connectivity index (χ1v) is 12.4. The smallest absolute Gasteiger partial charge is 0.293 e. The van der Waals surface area contributed by atoms with Gasteiger partial charge in [-0.05, 0) is 54.0 Å². The number of nitrogens with one attached hydrogen (secondary N) is 3. The fourth-order valence-electron chi connectivity index (χ4n) is 2.87. The molecule has 0 saturated heterocycles. The second-order valence-corrected chi connectivity index (χ2v) is 11.1. The molecular weight excluding hydrogens is 439 g/mol. The van der Waals surface area contributed by atoms with Crippen LogP contribution in [-0.4, -0.2) is 6.03 Å². The van der Waals surface area contributed by atoms with Crippen LogP contribution in [0, 0.1) is 6.92 Å². The lowest BCUT2D eigenvalue weighted by molar-refractivity contribution is -0.392. The van der Waals surface area contributed by atoms with Crippen LogP contribution in [0.5, 0.6) is 0 Å². The SMILES string of the molecule is Cc1[nH+]c(C2C=CC=CC2)c(NC(=O)NSc2ccc(Sc3ccccc3)s2)s1. The molecular formula is C21H20N3OS4+. The lowest BCUT2D eigenvalue weighted by Crippen LogP contribution is -2.24. The summed E-state index contributed by atoms with van der Waals surface area (Å²) in [6.45, 7) is 2.02. The number of aromatic nitrogens is 1. The van der Waals surface area contributed by atoms with Crippen molar-refractivity contribution < 1.29 is 9.78 Å². The predicted octanol–water partition coefficient (Wildman–Crippen LogP) is 6.51. The van der Waals surface area contributed by atoms with Gasteiger partial charge in [-0.15, -0.1) is 11.3 Å². The van der Waals surface area contributed by atoms with Gasteiger partial charge in [-0.2, -0.15) is 0 Å². The summed E-state index contributed by atoms with van der Waals surface area (Å²) in [5.74, 6) is 0.266. The third kappa shape index (κ3) is 5.54. The number of aromatic amines is 1. The minimum absolute atomic E-state index is 0.215. The van der Waals surface area contributed by atoms with Gasteiger partial charge in [0.2, 0.25) is 10.7 Å². The van der Waals surface area contributed by atoms with Gasteiger partial charge in [0.05, 0.1) is 14.3 Å². The summed E-state index contributed by atoms with van der Waals surface area (Å²) in [6, 6.07) is 14.2. The fraction of sp³-hybridized carbons (Fsp3) is 0.143. The highest BCUT2D eigenvalue weighted by molar-refractivity contribution is 8.03. The molecule has 2 aromatic heterocycles. The van der Waals surface area contributed by atoms with Crippen molar-refractivity contribution in [1.29, 1.82) is 0 Å². The molecule has 4 rings (SSSR count). The number of allylic oxidation sites excluding steroid dienone is 4. The Hall–Kier alpha value is -2.00. The number of hydrogen-bond donors (Lipinski definition) is 2. The molecule has 1 aromatic carbocycles. The van der Waals surface area contributed by atoms with Crippen LogP contribution < -0.4 is 15.0 Å². The van der Waals surface area contributed by atoms with Crippen molar-refractivity contribution >= 4 is 57.4 Å². The Morgan fingerprint density at radius 1 is 1.10 bits per heavy atom. The van der Waals surface area contributed by atoms with Crippen molar-refractivity contribution in [2.75, 3.05) is 5.32 Å². The molecule has 2 heterocycles. The molecule has 4 nitrogen and oxygen atoms in total. The number of urea groups is 1. The minimum atomic E-state index is -0.215. The Morgan fingerprint density at radius 2 is 1.93 bits per heavy atom. The number of anilines is 1. The van der Waals surface area contributed by atoms with Crippen molar-refractivity contribution in [3.05, 3.63) is 77.5 Å². The first-order valence-electron chi connectivity index (χ1n) is 9.10. The van der Waals surface area contributed by atoms with Crippen LogP contribution in [0.2, 0.25) is 0 Å². The molecule has 1 atom stereocenters. The maximum atomic E-state index is 12.4. The van der Waals surface area contributed by atoms with E-state index >= 15 is 0 Å². The van der Waals surface area contributed by atoms with E-state index in [2.05, 4.69) is 57.5 Å². The van der Waals surface area contributed by atoms with Crippen LogP contribution in [0.4, 0.5) is 9.80 Å². The standard InChI is InChI=1S/C21H19N3OS4/c1-14-22-19(15-8-4-2-5-9-15)20(26-14)23-21(25)24-29-18-13-12-17(28-18)27-16-10-6-3-7-11-16/h2-8,10-13,15H,9H2,1H3,(H2,23,24,25)/p+1. The number of thiophene rings is 1. The van der Waals surface area contributed by atoms with Gasteiger partial charge in [-0.1, -0.05) is 54.3 Å². The highest BCUT2D eigenvalue weighted by atomic mass is 32.2. The molecule has 0 radical (unpaired) electrons. The number of carbonyl (C=O) groups excluding carboxylic acids is 1. The van der Waals surface area contributed by atoms with Crippen LogP contribution in [0.1, 0.15) is 23.0 Å². The van der Waals surface area contributed by atoms with Gasteiger partial charge in [0.1, 0.15) is 0 Å². The third-order valence-corrected chi connectivity index (χ3v) is 8.23. The number of rotatable bonds is 6. The normalized spacial score (nSPS) is 15.4. The lowest BCUT2D eigenvalue weighted by Gasteiger charge is -2.09. The molecule has 0 fully saturated rings. The van der Waals surface area contributed by atoms with Gasteiger partial charge >= 0.3 is 6.03 Å². The zero-order chi connectivity index (χ0) is 20.1. The van der Waals surface area contributed by atoms with Crippen LogP contribution in [0.25, 0.3) is 0 Å². The average Bonchev–Trinajstić information content (AvgIpc) is 3.34. The van der Waals surface area contributed by atoms with Gasteiger partial charge < -0.3 is 0 Å². The molecule has 3 N–H and O–H groups in total. The molecule has 0 spiro atoms. The quantitative estimate of drug-likeness (QED) is 0.414. The zero-order valence-electron chi connectivity index (χ0n) is 15.7. The molecule has 1 aliphatic carbocycles. The molecule has 0 saturated carbocycles. The van der Waals surface area contributed by atoms with Crippen LogP contribution in [0.3, 0.4) is 0 Å². The second-order valence-electron chi connectivity index (χ2n) is 6.33. The number of benzene rings is 1. The summed E-state index contributed by atoms with van der Waals surface area (Å²) in [7, 11) is 0. The summed E-state index contributed by atoms with van der Waals surface area (Å²) in [5, 5.41) is 4.95. The number of hydrogen-bond acceptors (Lipinski definition) is 5. The van der Waals surface area contributed by atoms with E-state index in [0.717, 1.165) is 26.3 Å². The van der Waals surface area contributed by atoms with Crippen molar-refractivity contribution in [3.8, 4) is 0 Å². The molecule has 8 heteroatoms. The van der Waals surface area contributed by atoms with Crippen molar-refractivity contribution in [2.24, 2.45) is 0 Å².